The van der Waals surface area contributed by atoms with Crippen LogP contribution < -0.4 is 5.73 Å². The Morgan fingerprint density at radius 1 is 1.43 bits per heavy atom. The van der Waals surface area contributed by atoms with Crippen molar-refractivity contribution in [1.29, 1.82) is 0 Å². The first-order chi connectivity index (χ1) is 11.0. The minimum Gasteiger partial charge on any atom is -0.466 e. The lowest BCUT2D eigenvalue weighted by atomic mass is 9.91. The lowest BCUT2D eigenvalue weighted by Gasteiger charge is -2.26. The zero-order chi connectivity index (χ0) is 16.6. The van der Waals surface area contributed by atoms with Crippen molar-refractivity contribution < 1.29 is 19.1 Å². The monoisotopic (exact) mass is 340 g/mol. The maximum absolute atomic E-state index is 12.3. The molecule has 0 aromatic carbocycles. The third-order valence-corrected chi connectivity index (χ3v) is 5.71. The summed E-state index contributed by atoms with van der Waals surface area (Å²) in [5, 5.41) is 7.25. The molecule has 0 unspecified atom stereocenters. The van der Waals surface area contributed by atoms with Crippen molar-refractivity contribution in [1.82, 2.24) is 15.2 Å². The molecule has 1 heterocycles. The zero-order valence-corrected chi connectivity index (χ0v) is 13.8. The molecule has 2 aliphatic carbocycles. The summed E-state index contributed by atoms with van der Waals surface area (Å²) in [6.45, 7) is 4.08. The van der Waals surface area contributed by atoms with E-state index >= 15 is 0 Å². The third kappa shape index (κ3) is 2.72. The molecule has 9 heteroatoms. The fraction of sp³-hybridized carbons (Fsp3) is 0.714. The van der Waals surface area contributed by atoms with Gasteiger partial charge in [0.2, 0.25) is 0 Å². The Balaban J connectivity index is 1.80. The molecule has 23 heavy (non-hydrogen) atoms. The number of H-pyrrole nitrogens is 1. The van der Waals surface area contributed by atoms with Gasteiger partial charge in [-0.05, 0) is 26.2 Å². The smallest absolute Gasteiger partial charge is 0.326 e. The molecule has 0 radical (unpaired) electrons. The van der Waals surface area contributed by atoms with Crippen LogP contribution in [0.3, 0.4) is 0 Å². The van der Waals surface area contributed by atoms with Gasteiger partial charge in [0.05, 0.1) is 19.1 Å². The Hall–Kier alpha value is -1.61. The van der Waals surface area contributed by atoms with Crippen molar-refractivity contribution in [3.8, 4) is 0 Å². The molecule has 1 aromatic heterocycles. The van der Waals surface area contributed by atoms with Crippen LogP contribution in [0.25, 0.3) is 0 Å². The lowest BCUT2D eigenvalue weighted by Crippen LogP contribution is -2.51. The summed E-state index contributed by atoms with van der Waals surface area (Å²) in [7, 11) is 0. The summed E-state index contributed by atoms with van der Waals surface area (Å²) in [5.74, 6) is -1.31. The van der Waals surface area contributed by atoms with E-state index in [4.69, 9.17) is 15.2 Å². The highest BCUT2D eigenvalue weighted by atomic mass is 32.2. The number of hydrogen-bond acceptors (Lipinski definition) is 8. The van der Waals surface area contributed by atoms with Gasteiger partial charge in [0.25, 0.3) is 0 Å². The first-order valence-corrected chi connectivity index (χ1v) is 8.55. The molecule has 126 valence electrons. The van der Waals surface area contributed by atoms with Crippen LogP contribution in [0.2, 0.25) is 0 Å². The highest BCUT2D eigenvalue weighted by Gasteiger charge is 2.74. The van der Waals surface area contributed by atoms with Crippen LogP contribution in [-0.2, 0) is 19.1 Å². The molecule has 2 aliphatic rings. The minimum absolute atomic E-state index is 0.00134. The summed E-state index contributed by atoms with van der Waals surface area (Å²) < 4.78 is 10.3. The maximum atomic E-state index is 12.3. The van der Waals surface area contributed by atoms with Crippen LogP contribution in [0.15, 0.2) is 11.5 Å². The van der Waals surface area contributed by atoms with Gasteiger partial charge in [-0.1, -0.05) is 11.8 Å². The second-order valence-electron chi connectivity index (χ2n) is 5.79. The SMILES string of the molecule is CCOC(=O)[C@H]1[C@H]2[C@@H]1[C@](N)(C(=O)OCC)C[C@H]2Sc1ncn[nH]1. The molecule has 3 rings (SSSR count). The number of hydrogen-bond donors (Lipinski definition) is 2. The van der Waals surface area contributed by atoms with Crippen molar-refractivity contribution in [3.05, 3.63) is 6.33 Å². The predicted octanol–water partition coefficient (Wildman–Crippen LogP) is 0.355. The Morgan fingerprint density at radius 3 is 2.78 bits per heavy atom. The number of nitrogens with one attached hydrogen (secondary N) is 1. The van der Waals surface area contributed by atoms with Gasteiger partial charge < -0.3 is 15.2 Å². The van der Waals surface area contributed by atoms with E-state index in [1.165, 1.54) is 18.1 Å². The highest BCUT2D eigenvalue weighted by Crippen LogP contribution is 2.65. The molecule has 1 aromatic rings. The Labute approximate surface area is 137 Å². The van der Waals surface area contributed by atoms with Gasteiger partial charge in [-0.3, -0.25) is 14.7 Å². The van der Waals surface area contributed by atoms with E-state index in [0.717, 1.165) is 0 Å². The number of fused-ring (bicyclic) bond motifs is 1. The Morgan fingerprint density at radius 2 is 2.17 bits per heavy atom. The molecule has 8 nitrogen and oxygen atoms in total. The maximum Gasteiger partial charge on any atom is 0.326 e. The van der Waals surface area contributed by atoms with Crippen molar-refractivity contribution in [2.75, 3.05) is 13.2 Å². The van der Waals surface area contributed by atoms with Gasteiger partial charge in [-0.15, -0.1) is 0 Å². The van der Waals surface area contributed by atoms with E-state index in [0.29, 0.717) is 18.2 Å². The second kappa shape index (κ2) is 6.12. The molecular formula is C14H20N4O4S. The van der Waals surface area contributed by atoms with Crippen LogP contribution >= 0.6 is 11.8 Å². The topological polar surface area (TPSA) is 120 Å². The van der Waals surface area contributed by atoms with E-state index < -0.39 is 11.5 Å². The molecule has 0 saturated heterocycles. The van der Waals surface area contributed by atoms with E-state index in [9.17, 15) is 9.59 Å². The molecule has 2 fully saturated rings. The van der Waals surface area contributed by atoms with Gasteiger partial charge in [0, 0.05) is 11.2 Å². The number of carbonyl (C=O) groups excluding carboxylic acids is 2. The number of aromatic nitrogens is 3. The van der Waals surface area contributed by atoms with E-state index in [1.807, 2.05) is 0 Å². The number of nitrogens with two attached hydrogens (primary N) is 1. The number of carbonyl (C=O) groups is 2. The molecule has 0 bridgehead atoms. The van der Waals surface area contributed by atoms with Crippen LogP contribution in [0, 0.1) is 17.8 Å². The summed E-state index contributed by atoms with van der Waals surface area (Å²) in [5.41, 5.74) is 5.23. The predicted molar refractivity (Wildman–Crippen MR) is 81.3 cm³/mol. The molecule has 5 atom stereocenters. The molecular weight excluding hydrogens is 320 g/mol. The zero-order valence-electron chi connectivity index (χ0n) is 13.0. The lowest BCUT2D eigenvalue weighted by molar-refractivity contribution is -0.151. The van der Waals surface area contributed by atoms with Crippen LogP contribution in [0.1, 0.15) is 20.3 Å². The van der Waals surface area contributed by atoms with Crippen molar-refractivity contribution in [2.45, 2.75) is 36.2 Å². The van der Waals surface area contributed by atoms with E-state index in [2.05, 4.69) is 15.2 Å². The van der Waals surface area contributed by atoms with Crippen LogP contribution in [-0.4, -0.2) is 51.1 Å². The molecule has 0 spiro atoms. The third-order valence-electron chi connectivity index (χ3n) is 4.51. The fourth-order valence-electron chi connectivity index (χ4n) is 3.61. The van der Waals surface area contributed by atoms with Gasteiger partial charge in [0.1, 0.15) is 11.9 Å². The molecule has 0 aliphatic heterocycles. The second-order valence-corrected chi connectivity index (χ2v) is 7.02. The highest BCUT2D eigenvalue weighted by molar-refractivity contribution is 7.99. The van der Waals surface area contributed by atoms with Gasteiger partial charge >= 0.3 is 11.9 Å². The van der Waals surface area contributed by atoms with Crippen LogP contribution in [0.4, 0.5) is 0 Å². The molecule has 0 amide bonds. The number of esters is 2. The normalized spacial score (nSPS) is 34.7. The van der Waals surface area contributed by atoms with Crippen LogP contribution in [0.5, 0.6) is 0 Å². The minimum atomic E-state index is -1.14. The number of rotatable bonds is 6. The summed E-state index contributed by atoms with van der Waals surface area (Å²) in [6, 6.07) is 0. The first-order valence-electron chi connectivity index (χ1n) is 7.67. The van der Waals surface area contributed by atoms with Gasteiger partial charge in [-0.2, -0.15) is 5.10 Å². The fourth-order valence-corrected chi connectivity index (χ4v) is 4.96. The van der Waals surface area contributed by atoms with Crippen molar-refractivity contribution in [2.24, 2.45) is 23.5 Å². The number of aromatic amines is 1. The van der Waals surface area contributed by atoms with E-state index in [1.54, 1.807) is 13.8 Å². The summed E-state index contributed by atoms with van der Waals surface area (Å²) in [6.07, 6.45) is 1.87. The average Bonchev–Trinajstić information content (AvgIpc) is 2.94. The van der Waals surface area contributed by atoms with E-state index in [-0.39, 0.29) is 35.6 Å². The first kappa shape index (κ1) is 16.3. The molecule has 3 N–H and O–H groups in total. The average molecular weight is 340 g/mol. The summed E-state index contributed by atoms with van der Waals surface area (Å²) in [4.78, 5) is 28.6. The van der Waals surface area contributed by atoms with Crippen molar-refractivity contribution in [3.63, 3.8) is 0 Å². The largest absolute Gasteiger partial charge is 0.466 e. The Kier molecular flexibility index (Phi) is 4.33. The quantitative estimate of drug-likeness (QED) is 0.712. The van der Waals surface area contributed by atoms with Gasteiger partial charge in [0.15, 0.2) is 5.16 Å². The number of nitrogens with zero attached hydrogens (tertiary/aromatic N) is 2. The Bertz CT molecular complexity index is 596. The standard InChI is InChI=1S/C14H20N4O4S/c1-3-21-11(19)9-8-7(23-13-16-6-17-18-13)5-14(15,10(8)9)12(20)22-4-2/h6-10H,3-5,15H2,1-2H3,(H,16,17,18)/t7-,8+,9+,10+,14+/m1/s1. The van der Waals surface area contributed by atoms with Gasteiger partial charge in [-0.25, -0.2) is 4.98 Å². The molecule has 2 saturated carbocycles. The number of thioether (sulfide) groups is 1. The summed E-state index contributed by atoms with van der Waals surface area (Å²) >= 11 is 1.46. The van der Waals surface area contributed by atoms with Crippen molar-refractivity contribution >= 4 is 23.7 Å². The number of ether oxygens (including phenoxy) is 2.